The van der Waals surface area contributed by atoms with Crippen molar-refractivity contribution in [3.05, 3.63) is 108 Å². The third-order valence-corrected chi connectivity index (χ3v) is 5.41. The Kier molecular flexibility index (Phi) is 5.45. The second kappa shape index (κ2) is 8.18. The zero-order valence-corrected chi connectivity index (χ0v) is 17.9. The smallest absolute Gasteiger partial charge is 0.253 e. The van der Waals surface area contributed by atoms with Crippen molar-refractivity contribution in [1.82, 2.24) is 9.55 Å². The summed E-state index contributed by atoms with van der Waals surface area (Å²) in [4.78, 5) is 4.81. The van der Waals surface area contributed by atoms with Crippen LogP contribution in [0.15, 0.2) is 91.3 Å². The van der Waals surface area contributed by atoms with Crippen molar-refractivity contribution >= 4 is 21.7 Å². The average molecular weight is 444 g/mol. The molecular formula is C25H22BrN3. The lowest BCUT2D eigenvalue weighted by Gasteiger charge is -2.05. The molecule has 0 amide bonds. The largest absolute Gasteiger partial charge is 1.00 e. The first-order valence-electron chi connectivity index (χ1n) is 9.64. The first kappa shape index (κ1) is 19.3. The van der Waals surface area contributed by atoms with Crippen LogP contribution in [0.2, 0.25) is 0 Å². The number of hydrogen-bond acceptors (Lipinski definition) is 1. The molecule has 5 aromatic rings. The van der Waals surface area contributed by atoms with Gasteiger partial charge in [0, 0.05) is 12.3 Å². The van der Waals surface area contributed by atoms with Crippen LogP contribution in [-0.4, -0.2) is 9.55 Å². The van der Waals surface area contributed by atoms with Gasteiger partial charge in [0.2, 0.25) is 0 Å². The molecule has 2 aromatic heterocycles. The van der Waals surface area contributed by atoms with Crippen molar-refractivity contribution in [3.8, 4) is 0 Å². The van der Waals surface area contributed by atoms with E-state index in [1.807, 2.05) is 6.07 Å². The molecule has 0 saturated carbocycles. The van der Waals surface area contributed by atoms with Crippen LogP contribution in [0, 0.1) is 6.92 Å². The Hall–Kier alpha value is -2.98. The summed E-state index contributed by atoms with van der Waals surface area (Å²) >= 11 is 0. The number of benzene rings is 3. The first-order valence-corrected chi connectivity index (χ1v) is 9.64. The fraction of sp³-hybridized carbons (Fsp3) is 0.120. The van der Waals surface area contributed by atoms with Gasteiger partial charge in [0.25, 0.3) is 5.82 Å². The number of nitrogens with zero attached hydrogens (tertiary/aromatic N) is 3. The van der Waals surface area contributed by atoms with Gasteiger partial charge in [-0.2, -0.15) is 0 Å². The number of imidazole rings is 1. The van der Waals surface area contributed by atoms with E-state index in [0.29, 0.717) is 0 Å². The van der Waals surface area contributed by atoms with Crippen LogP contribution in [-0.2, 0) is 13.1 Å². The van der Waals surface area contributed by atoms with Crippen molar-refractivity contribution in [2.45, 2.75) is 20.0 Å². The summed E-state index contributed by atoms with van der Waals surface area (Å²) in [5.41, 5.74) is 3.44. The second-order valence-electron chi connectivity index (χ2n) is 7.28. The molecule has 29 heavy (non-hydrogen) atoms. The monoisotopic (exact) mass is 443 g/mol. The molecule has 0 saturated heterocycles. The Balaban J connectivity index is 0.00000205. The minimum Gasteiger partial charge on any atom is -1.00 e. The topological polar surface area (TPSA) is 21.7 Å². The first-order chi connectivity index (χ1) is 13.8. The van der Waals surface area contributed by atoms with Gasteiger partial charge in [-0.25, -0.2) is 14.1 Å². The number of halogens is 1. The Morgan fingerprint density at radius 2 is 1.55 bits per heavy atom. The van der Waals surface area contributed by atoms with Gasteiger partial charge in [-0.3, -0.25) is 0 Å². The highest BCUT2D eigenvalue weighted by molar-refractivity contribution is 5.83. The molecule has 0 spiro atoms. The maximum absolute atomic E-state index is 4.81. The average Bonchev–Trinajstić information content (AvgIpc) is 3.07. The van der Waals surface area contributed by atoms with Crippen molar-refractivity contribution in [3.63, 3.8) is 0 Å². The number of fused-ring (bicyclic) bond motifs is 2. The summed E-state index contributed by atoms with van der Waals surface area (Å²) in [5, 5.41) is 3.76. The van der Waals surface area contributed by atoms with Gasteiger partial charge >= 0.3 is 0 Å². The highest BCUT2D eigenvalue weighted by Gasteiger charge is 2.14. The summed E-state index contributed by atoms with van der Waals surface area (Å²) in [6, 6.07) is 27.8. The number of pyridine rings is 1. The van der Waals surface area contributed by atoms with E-state index >= 15 is 0 Å². The summed E-state index contributed by atoms with van der Waals surface area (Å²) in [7, 11) is 0. The molecule has 0 aliphatic rings. The quantitative estimate of drug-likeness (QED) is 0.388. The molecule has 144 valence electrons. The highest BCUT2D eigenvalue weighted by Crippen LogP contribution is 2.16. The third kappa shape index (κ3) is 3.94. The van der Waals surface area contributed by atoms with E-state index in [2.05, 4.69) is 101 Å². The molecule has 0 radical (unpaired) electrons. The maximum atomic E-state index is 4.81. The lowest BCUT2D eigenvalue weighted by Crippen LogP contribution is -3.00. The van der Waals surface area contributed by atoms with Crippen molar-refractivity contribution in [2.24, 2.45) is 0 Å². The molecule has 0 bridgehead atoms. The van der Waals surface area contributed by atoms with E-state index in [1.54, 1.807) is 0 Å². The molecule has 0 aliphatic carbocycles. The second-order valence-corrected chi connectivity index (χ2v) is 7.28. The van der Waals surface area contributed by atoms with Crippen molar-refractivity contribution in [1.29, 1.82) is 0 Å². The Morgan fingerprint density at radius 3 is 2.41 bits per heavy atom. The van der Waals surface area contributed by atoms with Crippen LogP contribution < -0.4 is 21.5 Å². The molecule has 0 N–H and O–H groups in total. The van der Waals surface area contributed by atoms with Gasteiger partial charge in [-0.05, 0) is 34.5 Å². The predicted octanol–water partition coefficient (Wildman–Crippen LogP) is 1.89. The van der Waals surface area contributed by atoms with Crippen LogP contribution in [0.5, 0.6) is 0 Å². The molecule has 0 fully saturated rings. The van der Waals surface area contributed by atoms with Gasteiger partial charge in [0.1, 0.15) is 25.5 Å². The lowest BCUT2D eigenvalue weighted by atomic mass is 10.1. The van der Waals surface area contributed by atoms with Crippen LogP contribution >= 0.6 is 0 Å². The molecule has 0 unspecified atom stereocenters. The lowest BCUT2D eigenvalue weighted by molar-refractivity contribution is -0.693. The van der Waals surface area contributed by atoms with Crippen LogP contribution in [0.3, 0.4) is 0 Å². The number of aromatic nitrogens is 3. The fourth-order valence-corrected chi connectivity index (χ4v) is 3.78. The third-order valence-electron chi connectivity index (χ3n) is 5.41. The van der Waals surface area contributed by atoms with Crippen molar-refractivity contribution < 1.29 is 21.5 Å². The molecule has 3 aromatic carbocycles. The number of rotatable bonds is 4. The van der Waals surface area contributed by atoms with E-state index in [4.69, 9.17) is 4.98 Å². The van der Waals surface area contributed by atoms with E-state index in [-0.39, 0.29) is 17.0 Å². The number of para-hydroxylation sites is 1. The SMILES string of the molecule is Cc1n(Cc2ccc3ccccc3n2)cc[n+]1Cc1ccc2ccccc2c1.[Br-]. The van der Waals surface area contributed by atoms with Crippen LogP contribution in [0.25, 0.3) is 21.7 Å². The molecule has 0 aliphatic heterocycles. The standard InChI is InChI=1S/C25H22N3.BrH/c1-19-27(17-20-10-11-21-6-2-3-8-23(21)16-20)14-15-28(19)18-24-13-12-22-7-4-5-9-25(22)26-24;/h2-16H,17-18H2,1H3;1H/q+1;/p-1. The molecule has 5 rings (SSSR count). The normalized spacial score (nSPS) is 10.9. The summed E-state index contributed by atoms with van der Waals surface area (Å²) in [5.74, 6) is 1.23. The molecule has 4 heteroatoms. The zero-order chi connectivity index (χ0) is 18.9. The zero-order valence-electron chi connectivity index (χ0n) is 16.3. The number of hydrogen-bond donors (Lipinski definition) is 0. The van der Waals surface area contributed by atoms with Gasteiger partial charge in [0.15, 0.2) is 0 Å². The Bertz CT molecular complexity index is 1190. The van der Waals surface area contributed by atoms with Crippen LogP contribution in [0.1, 0.15) is 17.1 Å². The molecular weight excluding hydrogens is 422 g/mol. The fourth-order valence-electron chi connectivity index (χ4n) is 3.78. The summed E-state index contributed by atoms with van der Waals surface area (Å²) in [6.45, 7) is 3.82. The summed E-state index contributed by atoms with van der Waals surface area (Å²) < 4.78 is 4.56. The van der Waals surface area contributed by atoms with E-state index in [1.165, 1.54) is 27.5 Å². The van der Waals surface area contributed by atoms with Gasteiger partial charge in [-0.1, -0.05) is 60.7 Å². The Morgan fingerprint density at radius 1 is 0.828 bits per heavy atom. The van der Waals surface area contributed by atoms with Gasteiger partial charge < -0.3 is 17.0 Å². The highest BCUT2D eigenvalue weighted by atomic mass is 79.9. The molecule has 0 atom stereocenters. The van der Waals surface area contributed by atoms with Crippen molar-refractivity contribution in [2.75, 3.05) is 0 Å². The van der Waals surface area contributed by atoms with Gasteiger partial charge in [0.05, 0.1) is 11.2 Å². The van der Waals surface area contributed by atoms with E-state index < -0.39 is 0 Å². The molecule has 3 nitrogen and oxygen atoms in total. The summed E-state index contributed by atoms with van der Waals surface area (Å²) in [6.07, 6.45) is 4.30. The minimum atomic E-state index is 0. The maximum Gasteiger partial charge on any atom is 0.253 e. The van der Waals surface area contributed by atoms with Gasteiger partial charge in [-0.15, -0.1) is 0 Å². The Labute approximate surface area is 181 Å². The predicted molar refractivity (Wildman–Crippen MR) is 113 cm³/mol. The minimum absolute atomic E-state index is 0. The van der Waals surface area contributed by atoms with E-state index in [0.717, 1.165) is 24.3 Å². The van der Waals surface area contributed by atoms with E-state index in [9.17, 15) is 0 Å². The molecule has 2 heterocycles. The van der Waals surface area contributed by atoms with Crippen LogP contribution in [0.4, 0.5) is 0 Å².